The molecule has 1 amide bonds. The molecule has 1 aromatic heterocycles. The smallest absolute Gasteiger partial charge is 0.256 e. The molecule has 3 N–H and O–H groups in total. The van der Waals surface area contributed by atoms with Crippen molar-refractivity contribution in [3.05, 3.63) is 41.3 Å². The summed E-state index contributed by atoms with van der Waals surface area (Å²) in [6.07, 6.45) is 3.11. The Morgan fingerprint density at radius 3 is 2.52 bits per heavy atom. The number of likely N-dealkylation sites (tertiary alicyclic amines) is 1. The number of aromatic nitrogens is 1. The molecule has 2 aromatic rings. The number of nitrogens with two attached hydrogens (primary N) is 1. The zero-order valence-electron chi connectivity index (χ0n) is 15.2. The molecule has 0 aliphatic carbocycles. The van der Waals surface area contributed by atoms with Gasteiger partial charge in [0, 0.05) is 37.0 Å². The molecule has 7 nitrogen and oxygen atoms in total. The summed E-state index contributed by atoms with van der Waals surface area (Å²) < 4.78 is 24.5. The molecule has 27 heavy (non-hydrogen) atoms. The van der Waals surface area contributed by atoms with E-state index in [1.54, 1.807) is 24.3 Å². The highest BCUT2D eigenvalue weighted by Crippen LogP contribution is 2.35. The van der Waals surface area contributed by atoms with E-state index in [9.17, 15) is 14.3 Å². The second kappa shape index (κ2) is 7.69. The summed E-state index contributed by atoms with van der Waals surface area (Å²) in [4.78, 5) is 18.4. The lowest BCUT2D eigenvalue weighted by molar-refractivity contribution is 0.0707. The van der Waals surface area contributed by atoms with Gasteiger partial charge in [-0.2, -0.15) is 0 Å². The largest absolute Gasteiger partial charge is 0.504 e. The Hall–Kier alpha value is -3.03. The van der Waals surface area contributed by atoms with Crippen LogP contribution in [0.2, 0.25) is 0 Å². The Bertz CT molecular complexity index is 851. The number of carbonyl (C=O) groups excluding carboxylic acids is 1. The van der Waals surface area contributed by atoms with Crippen LogP contribution in [0, 0.1) is 5.82 Å². The van der Waals surface area contributed by atoms with Gasteiger partial charge in [0.1, 0.15) is 17.4 Å². The van der Waals surface area contributed by atoms with Crippen molar-refractivity contribution in [2.45, 2.75) is 18.8 Å². The lowest BCUT2D eigenvalue weighted by Gasteiger charge is -2.32. The average molecular weight is 375 g/mol. The normalized spacial score (nSPS) is 14.9. The molecule has 0 saturated carbocycles. The van der Waals surface area contributed by atoms with E-state index >= 15 is 0 Å². The summed E-state index contributed by atoms with van der Waals surface area (Å²) in [6, 6.07) is 3.81. The Morgan fingerprint density at radius 2 is 1.89 bits per heavy atom. The van der Waals surface area contributed by atoms with Crippen LogP contribution in [0.15, 0.2) is 24.4 Å². The number of anilines is 1. The van der Waals surface area contributed by atoms with Crippen molar-refractivity contribution >= 4 is 11.7 Å². The molecule has 1 aliphatic rings. The molecule has 2 heterocycles. The monoisotopic (exact) mass is 375 g/mol. The van der Waals surface area contributed by atoms with E-state index in [1.807, 2.05) is 0 Å². The number of rotatable bonds is 4. The van der Waals surface area contributed by atoms with Gasteiger partial charge >= 0.3 is 0 Å². The highest BCUT2D eigenvalue weighted by atomic mass is 19.1. The van der Waals surface area contributed by atoms with Crippen LogP contribution in [-0.2, 0) is 0 Å². The van der Waals surface area contributed by atoms with Crippen molar-refractivity contribution < 1.29 is 23.8 Å². The topological polar surface area (TPSA) is 97.9 Å². The fraction of sp³-hybridized carbons (Fsp3) is 0.368. The molecule has 0 unspecified atom stereocenters. The van der Waals surface area contributed by atoms with E-state index in [0.29, 0.717) is 37.5 Å². The summed E-state index contributed by atoms with van der Waals surface area (Å²) in [6.45, 7) is 0.944. The van der Waals surface area contributed by atoms with Gasteiger partial charge in [0.15, 0.2) is 11.5 Å². The quantitative estimate of drug-likeness (QED) is 0.852. The van der Waals surface area contributed by atoms with Gasteiger partial charge in [-0.1, -0.05) is 0 Å². The number of phenolic OH excluding ortho intramolecular Hbond substituents is 1. The molecule has 0 radical (unpaired) electrons. The fourth-order valence-corrected chi connectivity index (χ4v) is 3.38. The number of amides is 1. The van der Waals surface area contributed by atoms with E-state index in [4.69, 9.17) is 15.2 Å². The maximum Gasteiger partial charge on any atom is 0.256 e. The number of hydrogen-bond donors (Lipinski definition) is 2. The Labute approximate surface area is 156 Å². The number of ether oxygens (including phenoxy) is 2. The summed E-state index contributed by atoms with van der Waals surface area (Å²) in [7, 11) is 2.93. The van der Waals surface area contributed by atoms with Crippen LogP contribution in [0.4, 0.5) is 10.2 Å². The molecule has 1 aromatic carbocycles. The van der Waals surface area contributed by atoms with E-state index in [2.05, 4.69) is 4.98 Å². The minimum atomic E-state index is -0.773. The molecule has 1 aliphatic heterocycles. The highest BCUT2D eigenvalue weighted by molar-refractivity contribution is 5.95. The molecule has 1 saturated heterocycles. The maximum atomic E-state index is 14.2. The van der Waals surface area contributed by atoms with E-state index in [0.717, 1.165) is 11.6 Å². The van der Waals surface area contributed by atoms with Crippen LogP contribution in [0.3, 0.4) is 0 Å². The number of phenols is 1. The average Bonchev–Trinajstić information content (AvgIpc) is 2.67. The molecule has 8 heteroatoms. The number of piperidine rings is 1. The Kier molecular flexibility index (Phi) is 5.34. The van der Waals surface area contributed by atoms with Crippen molar-refractivity contribution in [1.29, 1.82) is 0 Å². The van der Waals surface area contributed by atoms with Crippen LogP contribution >= 0.6 is 0 Å². The van der Waals surface area contributed by atoms with Gasteiger partial charge in [-0.05, 0) is 24.8 Å². The first-order valence-electron chi connectivity index (χ1n) is 8.59. The van der Waals surface area contributed by atoms with Crippen molar-refractivity contribution in [2.75, 3.05) is 33.0 Å². The van der Waals surface area contributed by atoms with Gasteiger partial charge in [0.2, 0.25) is 0 Å². The van der Waals surface area contributed by atoms with Gasteiger partial charge < -0.3 is 25.2 Å². The first-order chi connectivity index (χ1) is 12.9. The van der Waals surface area contributed by atoms with Crippen molar-refractivity contribution in [3.63, 3.8) is 0 Å². The molecular formula is C19H22FN3O4. The van der Waals surface area contributed by atoms with Crippen LogP contribution in [0.25, 0.3) is 0 Å². The van der Waals surface area contributed by atoms with Gasteiger partial charge in [0.25, 0.3) is 5.91 Å². The van der Waals surface area contributed by atoms with Crippen LogP contribution in [-0.4, -0.2) is 48.2 Å². The number of aromatic hydroxyl groups is 1. The molecular weight excluding hydrogens is 353 g/mol. The summed E-state index contributed by atoms with van der Waals surface area (Å²) >= 11 is 0. The standard InChI is InChI=1S/C19H22FN3O4/c1-26-16-9-18(21)22-10-13(16)11-3-5-23(6-4-11)19(25)12-7-17(27-2)15(24)8-14(12)20/h7-11,24H,3-6H2,1-2H3,(H2,21,22). The molecule has 144 valence electrons. The third-order valence-electron chi connectivity index (χ3n) is 4.86. The molecule has 3 rings (SSSR count). The lowest BCUT2D eigenvalue weighted by Crippen LogP contribution is -2.38. The Balaban J connectivity index is 1.74. The third kappa shape index (κ3) is 3.74. The third-order valence-corrected chi connectivity index (χ3v) is 4.86. The minimum Gasteiger partial charge on any atom is -0.504 e. The Morgan fingerprint density at radius 1 is 1.22 bits per heavy atom. The van der Waals surface area contributed by atoms with Gasteiger partial charge in [-0.3, -0.25) is 4.79 Å². The number of methoxy groups -OCH3 is 2. The zero-order chi connectivity index (χ0) is 19.6. The van der Waals surface area contributed by atoms with E-state index < -0.39 is 11.7 Å². The first-order valence-corrected chi connectivity index (χ1v) is 8.59. The molecule has 0 bridgehead atoms. The van der Waals surface area contributed by atoms with E-state index in [-0.39, 0.29) is 23.0 Å². The fourth-order valence-electron chi connectivity index (χ4n) is 3.38. The van der Waals surface area contributed by atoms with Crippen LogP contribution < -0.4 is 15.2 Å². The number of halogens is 1. The minimum absolute atomic E-state index is 0.0623. The van der Waals surface area contributed by atoms with Crippen LogP contribution in [0.5, 0.6) is 17.2 Å². The SMILES string of the molecule is COc1cc(C(=O)N2CCC(c3cnc(N)cc3OC)CC2)c(F)cc1O. The van der Waals surface area contributed by atoms with Crippen molar-refractivity contribution in [1.82, 2.24) is 9.88 Å². The predicted molar refractivity (Wildman–Crippen MR) is 97.7 cm³/mol. The number of carbonyl (C=O) groups is 1. The first kappa shape index (κ1) is 18.8. The summed E-state index contributed by atoms with van der Waals surface area (Å²) in [5.41, 5.74) is 6.54. The number of nitrogen functional groups attached to an aromatic ring is 1. The highest BCUT2D eigenvalue weighted by Gasteiger charge is 2.28. The number of pyridine rings is 1. The van der Waals surface area contributed by atoms with Gasteiger partial charge in [0.05, 0.1) is 19.8 Å². The predicted octanol–water partition coefficient (Wildman–Crippen LogP) is 2.55. The van der Waals surface area contributed by atoms with Crippen molar-refractivity contribution in [2.24, 2.45) is 0 Å². The lowest BCUT2D eigenvalue weighted by atomic mass is 9.89. The summed E-state index contributed by atoms with van der Waals surface area (Å²) in [5.74, 6) is -0.227. The number of nitrogens with zero attached hydrogens (tertiary/aromatic N) is 2. The van der Waals surface area contributed by atoms with E-state index in [1.165, 1.54) is 13.2 Å². The summed E-state index contributed by atoms with van der Waals surface area (Å²) in [5, 5.41) is 9.62. The molecule has 0 spiro atoms. The maximum absolute atomic E-state index is 14.2. The number of benzene rings is 1. The zero-order valence-corrected chi connectivity index (χ0v) is 15.2. The van der Waals surface area contributed by atoms with Crippen molar-refractivity contribution in [3.8, 4) is 17.2 Å². The van der Waals surface area contributed by atoms with Crippen LogP contribution in [0.1, 0.15) is 34.7 Å². The molecule has 0 atom stereocenters. The molecule has 1 fully saturated rings. The van der Waals surface area contributed by atoms with Gasteiger partial charge in [-0.15, -0.1) is 0 Å². The van der Waals surface area contributed by atoms with Gasteiger partial charge in [-0.25, -0.2) is 9.37 Å². The second-order valence-corrected chi connectivity index (χ2v) is 6.42. The second-order valence-electron chi connectivity index (χ2n) is 6.42. The number of hydrogen-bond acceptors (Lipinski definition) is 6.